The Morgan fingerprint density at radius 3 is 2.07 bits per heavy atom. The van der Waals surface area contributed by atoms with Gasteiger partial charge in [-0.2, -0.15) is 0 Å². The molecular weight excluding hydrogens is 394 g/mol. The van der Waals surface area contributed by atoms with E-state index < -0.39 is 0 Å². The molecule has 0 spiro atoms. The van der Waals surface area contributed by atoms with Crippen LogP contribution in [0, 0.1) is 0 Å². The number of rotatable bonds is 7. The number of benzene rings is 3. The molecule has 0 aromatic heterocycles. The van der Waals surface area contributed by atoms with Crippen molar-refractivity contribution in [3.05, 3.63) is 71.2 Å². The van der Waals surface area contributed by atoms with Crippen LogP contribution in [0.3, 0.4) is 0 Å². The monoisotopic (exact) mass is 413 g/mol. The Labute approximate surface area is 173 Å². The summed E-state index contributed by atoms with van der Waals surface area (Å²) in [5.74, 6) is 1.87. The van der Waals surface area contributed by atoms with Crippen LogP contribution < -0.4 is 24.3 Å². The standard InChI is InChI=1S/C22H20ClNO5/c1-26-19-11-14(12-20(27-2)21(19)28-3)22(25)24-17-13-15(23)9-10-18(17)29-16-7-5-4-6-8-16/h4-13H,1-3H3,(H,24,25). The van der Waals surface area contributed by atoms with E-state index >= 15 is 0 Å². The Morgan fingerprint density at radius 1 is 0.828 bits per heavy atom. The van der Waals surface area contributed by atoms with Crippen molar-refractivity contribution in [2.24, 2.45) is 0 Å². The Morgan fingerprint density at radius 2 is 1.48 bits per heavy atom. The van der Waals surface area contributed by atoms with Gasteiger partial charge in [0, 0.05) is 10.6 Å². The highest BCUT2D eigenvalue weighted by atomic mass is 35.5. The number of ether oxygens (including phenoxy) is 4. The van der Waals surface area contributed by atoms with Gasteiger partial charge >= 0.3 is 0 Å². The number of para-hydroxylation sites is 1. The third kappa shape index (κ3) is 4.73. The Balaban J connectivity index is 1.92. The fourth-order valence-electron chi connectivity index (χ4n) is 2.71. The Bertz CT molecular complexity index is 982. The van der Waals surface area contributed by atoms with Crippen LogP contribution in [0.4, 0.5) is 5.69 Å². The fourth-order valence-corrected chi connectivity index (χ4v) is 2.88. The summed E-state index contributed by atoms with van der Waals surface area (Å²) in [4.78, 5) is 12.9. The predicted octanol–water partition coefficient (Wildman–Crippen LogP) is 5.41. The lowest BCUT2D eigenvalue weighted by Crippen LogP contribution is -2.13. The molecular formula is C22H20ClNO5. The molecule has 0 unspecified atom stereocenters. The van der Waals surface area contributed by atoms with Crippen LogP contribution in [-0.4, -0.2) is 27.2 Å². The summed E-state index contributed by atoms with van der Waals surface area (Å²) < 4.78 is 21.8. The lowest BCUT2D eigenvalue weighted by atomic mass is 10.1. The average Bonchev–Trinajstić information content (AvgIpc) is 2.75. The molecule has 3 aromatic carbocycles. The fraction of sp³-hybridized carbons (Fsp3) is 0.136. The van der Waals surface area contributed by atoms with Crippen molar-refractivity contribution in [2.75, 3.05) is 26.6 Å². The number of anilines is 1. The van der Waals surface area contributed by atoms with Crippen LogP contribution in [0.1, 0.15) is 10.4 Å². The maximum absolute atomic E-state index is 12.9. The van der Waals surface area contributed by atoms with Gasteiger partial charge in [-0.25, -0.2) is 0 Å². The molecule has 7 heteroatoms. The Kier molecular flexibility index (Phi) is 6.46. The molecule has 0 atom stereocenters. The summed E-state index contributed by atoms with van der Waals surface area (Å²) in [7, 11) is 4.47. The quantitative estimate of drug-likeness (QED) is 0.561. The molecule has 0 aliphatic rings. The van der Waals surface area contributed by atoms with E-state index in [2.05, 4.69) is 5.32 Å². The van der Waals surface area contributed by atoms with Gasteiger partial charge < -0.3 is 24.3 Å². The maximum atomic E-state index is 12.9. The number of halogens is 1. The molecule has 1 amide bonds. The van der Waals surface area contributed by atoms with Gasteiger partial charge in [0.25, 0.3) is 5.91 Å². The van der Waals surface area contributed by atoms with Gasteiger partial charge in [-0.05, 0) is 42.5 Å². The van der Waals surface area contributed by atoms with E-state index in [1.165, 1.54) is 21.3 Å². The van der Waals surface area contributed by atoms with Crippen molar-refractivity contribution in [3.63, 3.8) is 0 Å². The first-order chi connectivity index (χ1) is 14.0. The first-order valence-electron chi connectivity index (χ1n) is 8.69. The minimum Gasteiger partial charge on any atom is -0.493 e. The smallest absolute Gasteiger partial charge is 0.256 e. The SMILES string of the molecule is COc1cc(C(=O)Nc2cc(Cl)ccc2Oc2ccccc2)cc(OC)c1OC. The third-order valence-electron chi connectivity index (χ3n) is 4.09. The summed E-state index contributed by atoms with van der Waals surface area (Å²) in [5.41, 5.74) is 0.755. The number of methoxy groups -OCH3 is 3. The van der Waals surface area contributed by atoms with Crippen LogP contribution in [-0.2, 0) is 0 Å². The minimum absolute atomic E-state index is 0.324. The van der Waals surface area contributed by atoms with Gasteiger partial charge in [0.2, 0.25) is 5.75 Å². The second-order valence-corrected chi connectivity index (χ2v) is 6.36. The lowest BCUT2D eigenvalue weighted by molar-refractivity contribution is 0.102. The van der Waals surface area contributed by atoms with Crippen molar-refractivity contribution in [1.82, 2.24) is 0 Å². The van der Waals surface area contributed by atoms with Crippen LogP contribution >= 0.6 is 11.6 Å². The second-order valence-electron chi connectivity index (χ2n) is 5.92. The van der Waals surface area contributed by atoms with Crippen LogP contribution in [0.5, 0.6) is 28.7 Å². The zero-order chi connectivity index (χ0) is 20.8. The molecule has 1 N–H and O–H groups in total. The topological polar surface area (TPSA) is 66.0 Å². The first-order valence-corrected chi connectivity index (χ1v) is 9.07. The van der Waals surface area contributed by atoms with Gasteiger partial charge in [-0.15, -0.1) is 0 Å². The van der Waals surface area contributed by atoms with E-state index in [0.29, 0.717) is 45.0 Å². The lowest BCUT2D eigenvalue weighted by Gasteiger charge is -2.15. The number of carbonyl (C=O) groups excluding carboxylic acids is 1. The third-order valence-corrected chi connectivity index (χ3v) is 4.32. The van der Waals surface area contributed by atoms with E-state index in [4.69, 9.17) is 30.5 Å². The van der Waals surface area contributed by atoms with E-state index in [-0.39, 0.29) is 5.91 Å². The molecule has 0 heterocycles. The summed E-state index contributed by atoms with van der Waals surface area (Å²) in [5, 5.41) is 3.29. The maximum Gasteiger partial charge on any atom is 0.256 e. The van der Waals surface area contributed by atoms with E-state index in [1.54, 1.807) is 30.3 Å². The van der Waals surface area contributed by atoms with Crippen LogP contribution in [0.2, 0.25) is 5.02 Å². The van der Waals surface area contributed by atoms with Crippen molar-refractivity contribution in [1.29, 1.82) is 0 Å². The number of nitrogens with one attached hydrogen (secondary N) is 1. The number of hydrogen-bond donors (Lipinski definition) is 1. The number of hydrogen-bond acceptors (Lipinski definition) is 5. The van der Waals surface area contributed by atoms with Crippen LogP contribution in [0.15, 0.2) is 60.7 Å². The van der Waals surface area contributed by atoms with Gasteiger partial charge in [-0.1, -0.05) is 29.8 Å². The zero-order valence-corrected chi connectivity index (χ0v) is 16.9. The molecule has 0 bridgehead atoms. The molecule has 150 valence electrons. The number of amides is 1. The highest BCUT2D eigenvalue weighted by Gasteiger charge is 2.18. The summed E-state index contributed by atoms with van der Waals surface area (Å²) >= 11 is 6.12. The molecule has 0 saturated heterocycles. The van der Waals surface area contributed by atoms with E-state index in [9.17, 15) is 4.79 Å². The normalized spacial score (nSPS) is 10.2. The van der Waals surface area contributed by atoms with Gasteiger partial charge in [0.1, 0.15) is 5.75 Å². The summed E-state index contributed by atoms with van der Waals surface area (Å²) in [6.07, 6.45) is 0. The number of carbonyl (C=O) groups is 1. The molecule has 3 rings (SSSR count). The summed E-state index contributed by atoms with van der Waals surface area (Å²) in [6.45, 7) is 0. The van der Waals surface area contributed by atoms with Crippen molar-refractivity contribution >= 4 is 23.2 Å². The second kappa shape index (κ2) is 9.21. The average molecular weight is 414 g/mol. The molecule has 6 nitrogen and oxygen atoms in total. The van der Waals surface area contributed by atoms with Crippen LogP contribution in [0.25, 0.3) is 0 Å². The Hall–Kier alpha value is -3.38. The van der Waals surface area contributed by atoms with Gasteiger partial charge in [-0.3, -0.25) is 4.79 Å². The molecule has 0 aliphatic heterocycles. The van der Waals surface area contributed by atoms with E-state index in [0.717, 1.165) is 0 Å². The molecule has 3 aromatic rings. The van der Waals surface area contributed by atoms with Crippen molar-refractivity contribution in [3.8, 4) is 28.7 Å². The molecule has 0 radical (unpaired) electrons. The van der Waals surface area contributed by atoms with Gasteiger partial charge in [0.15, 0.2) is 17.2 Å². The highest BCUT2D eigenvalue weighted by Crippen LogP contribution is 2.39. The molecule has 29 heavy (non-hydrogen) atoms. The zero-order valence-electron chi connectivity index (χ0n) is 16.2. The van der Waals surface area contributed by atoms with Gasteiger partial charge in [0.05, 0.1) is 27.0 Å². The van der Waals surface area contributed by atoms with Crippen molar-refractivity contribution in [2.45, 2.75) is 0 Å². The first kappa shape index (κ1) is 20.4. The predicted molar refractivity (Wildman–Crippen MR) is 112 cm³/mol. The molecule has 0 fully saturated rings. The van der Waals surface area contributed by atoms with Crippen molar-refractivity contribution < 1.29 is 23.7 Å². The molecule has 0 aliphatic carbocycles. The summed E-state index contributed by atoms with van der Waals surface area (Å²) in [6, 6.07) is 17.4. The van der Waals surface area contributed by atoms with E-state index in [1.807, 2.05) is 30.3 Å². The minimum atomic E-state index is -0.385. The largest absolute Gasteiger partial charge is 0.493 e. The highest BCUT2D eigenvalue weighted by molar-refractivity contribution is 6.31. The molecule has 0 saturated carbocycles.